The van der Waals surface area contributed by atoms with Gasteiger partial charge in [-0.2, -0.15) is 22.7 Å². The van der Waals surface area contributed by atoms with Gasteiger partial charge in [0.15, 0.2) is 5.03 Å². The Morgan fingerprint density at radius 2 is 2.03 bits per heavy atom. The number of hydrogen-bond donors (Lipinski definition) is 2. The van der Waals surface area contributed by atoms with Crippen LogP contribution in [0.15, 0.2) is 41.6 Å². The number of pyridine rings is 1. The zero-order valence-electron chi connectivity index (χ0n) is 15.5. The van der Waals surface area contributed by atoms with E-state index in [0.29, 0.717) is 22.6 Å². The third-order valence-electron chi connectivity index (χ3n) is 4.70. The number of nitriles is 1. The van der Waals surface area contributed by atoms with Crippen LogP contribution in [0.2, 0.25) is 0 Å². The summed E-state index contributed by atoms with van der Waals surface area (Å²) in [6.07, 6.45) is -5.67. The predicted molar refractivity (Wildman–Crippen MR) is 95.6 cm³/mol. The van der Waals surface area contributed by atoms with Crippen LogP contribution >= 0.6 is 0 Å². The zero-order valence-corrected chi connectivity index (χ0v) is 16.4. The van der Waals surface area contributed by atoms with Crippen molar-refractivity contribution >= 4 is 10.0 Å². The summed E-state index contributed by atoms with van der Waals surface area (Å²) in [5.74, 6) is -1.02. The summed E-state index contributed by atoms with van der Waals surface area (Å²) in [5, 5.41) is 28.3. The van der Waals surface area contributed by atoms with Crippen molar-refractivity contribution in [2.75, 3.05) is 19.7 Å². The molecule has 1 aliphatic heterocycles. The summed E-state index contributed by atoms with van der Waals surface area (Å²) in [6, 6.07) is 6.07. The van der Waals surface area contributed by atoms with Crippen molar-refractivity contribution in [3.63, 3.8) is 0 Å². The van der Waals surface area contributed by atoms with Gasteiger partial charge in [0.25, 0.3) is 10.0 Å². The molecular formula is C18H15F4N3O5S. The standard InChI is InChI=1S/C18H15F4N3O5S/c19-14-5-13(3-1-11(14)6-23)30-15-8-25(9-17(15,27)10-26)31(28,29)16-4-2-12(7-24-16)18(20,21)22/h1-5,7,15,26-27H,8-10H2/t15-,17+/m0/s1. The Hall–Kier alpha value is -2.79. The molecule has 3 rings (SSSR count). The van der Waals surface area contributed by atoms with Gasteiger partial charge in [-0.15, -0.1) is 0 Å². The monoisotopic (exact) mass is 461 g/mol. The zero-order chi connectivity index (χ0) is 23.0. The van der Waals surface area contributed by atoms with E-state index in [1.807, 2.05) is 0 Å². The van der Waals surface area contributed by atoms with Crippen LogP contribution in [0.3, 0.4) is 0 Å². The lowest BCUT2D eigenvalue weighted by molar-refractivity contribution is -0.137. The Bertz CT molecular complexity index is 1120. The number of alkyl halides is 3. The highest BCUT2D eigenvalue weighted by molar-refractivity contribution is 7.89. The van der Waals surface area contributed by atoms with Crippen molar-refractivity contribution in [3.05, 3.63) is 53.5 Å². The largest absolute Gasteiger partial charge is 0.486 e. The summed E-state index contributed by atoms with van der Waals surface area (Å²) in [4.78, 5) is 3.36. The number of aliphatic hydroxyl groups excluding tert-OH is 1. The van der Waals surface area contributed by atoms with Crippen molar-refractivity contribution in [2.24, 2.45) is 0 Å². The van der Waals surface area contributed by atoms with Crippen LogP contribution in [-0.4, -0.2) is 59.3 Å². The van der Waals surface area contributed by atoms with E-state index in [2.05, 4.69) is 4.98 Å². The summed E-state index contributed by atoms with van der Waals surface area (Å²) in [6.45, 7) is -2.05. The maximum atomic E-state index is 13.8. The predicted octanol–water partition coefficient (Wildman–Crippen LogP) is 1.29. The van der Waals surface area contributed by atoms with Gasteiger partial charge >= 0.3 is 6.18 Å². The van der Waals surface area contributed by atoms with Crippen molar-refractivity contribution in [1.29, 1.82) is 5.26 Å². The van der Waals surface area contributed by atoms with E-state index < -0.39 is 64.0 Å². The molecule has 1 aromatic carbocycles. The van der Waals surface area contributed by atoms with E-state index in [4.69, 9.17) is 10.00 Å². The van der Waals surface area contributed by atoms with Gasteiger partial charge in [-0.3, -0.25) is 0 Å². The molecule has 0 unspecified atom stereocenters. The lowest BCUT2D eigenvalue weighted by atomic mass is 10.0. The van der Waals surface area contributed by atoms with E-state index >= 15 is 0 Å². The molecule has 2 heterocycles. The molecule has 13 heteroatoms. The molecule has 1 aliphatic rings. The highest BCUT2D eigenvalue weighted by atomic mass is 32.2. The lowest BCUT2D eigenvalue weighted by Crippen LogP contribution is -2.48. The van der Waals surface area contributed by atoms with Crippen LogP contribution in [0.1, 0.15) is 11.1 Å². The normalized spacial score (nSPS) is 22.3. The van der Waals surface area contributed by atoms with Gasteiger partial charge in [-0.1, -0.05) is 0 Å². The second-order valence-corrected chi connectivity index (χ2v) is 8.69. The molecular weight excluding hydrogens is 446 g/mol. The lowest BCUT2D eigenvalue weighted by Gasteiger charge is -2.27. The smallest absolute Gasteiger partial charge is 0.417 e. The minimum Gasteiger partial charge on any atom is -0.486 e. The molecule has 1 saturated heterocycles. The Morgan fingerprint density at radius 1 is 1.32 bits per heavy atom. The van der Waals surface area contributed by atoms with E-state index in [0.717, 1.165) is 12.1 Å². The van der Waals surface area contributed by atoms with Gasteiger partial charge in [0, 0.05) is 18.8 Å². The second-order valence-electron chi connectivity index (χ2n) is 6.80. The molecule has 0 radical (unpaired) electrons. The van der Waals surface area contributed by atoms with Crippen LogP contribution in [-0.2, 0) is 16.2 Å². The maximum absolute atomic E-state index is 13.8. The van der Waals surface area contributed by atoms with Crippen molar-refractivity contribution < 1.29 is 40.9 Å². The Kier molecular flexibility index (Phi) is 5.94. The Balaban J connectivity index is 1.85. The molecule has 1 fully saturated rings. The molecule has 0 bridgehead atoms. The fraction of sp³-hybridized carbons (Fsp3) is 0.333. The Morgan fingerprint density at radius 3 is 2.55 bits per heavy atom. The van der Waals surface area contributed by atoms with Gasteiger partial charge in [0.1, 0.15) is 29.3 Å². The van der Waals surface area contributed by atoms with Crippen LogP contribution in [0, 0.1) is 17.1 Å². The number of ether oxygens (including phenoxy) is 1. The maximum Gasteiger partial charge on any atom is 0.417 e. The quantitative estimate of drug-likeness (QED) is 0.643. The average molecular weight is 461 g/mol. The fourth-order valence-corrected chi connectivity index (χ4v) is 4.38. The first-order valence-corrected chi connectivity index (χ1v) is 10.1. The number of hydrogen-bond acceptors (Lipinski definition) is 7. The topological polar surface area (TPSA) is 124 Å². The van der Waals surface area contributed by atoms with Crippen molar-refractivity contribution in [2.45, 2.75) is 22.9 Å². The van der Waals surface area contributed by atoms with Crippen LogP contribution in [0.4, 0.5) is 17.6 Å². The van der Waals surface area contributed by atoms with Gasteiger partial charge in [-0.25, -0.2) is 17.8 Å². The molecule has 0 saturated carbocycles. The molecule has 8 nitrogen and oxygen atoms in total. The molecule has 0 aliphatic carbocycles. The Labute approximate surface area is 174 Å². The molecule has 0 spiro atoms. The van der Waals surface area contributed by atoms with Gasteiger partial charge in [-0.05, 0) is 24.3 Å². The van der Waals surface area contributed by atoms with Gasteiger partial charge in [0.2, 0.25) is 0 Å². The van der Waals surface area contributed by atoms with E-state index in [9.17, 15) is 36.2 Å². The number of aromatic nitrogens is 1. The first-order valence-electron chi connectivity index (χ1n) is 8.63. The minimum atomic E-state index is -4.70. The number of benzene rings is 1. The molecule has 1 aromatic heterocycles. The van der Waals surface area contributed by atoms with E-state index in [-0.39, 0.29) is 11.3 Å². The first kappa shape index (κ1) is 22.9. The van der Waals surface area contributed by atoms with Gasteiger partial charge < -0.3 is 14.9 Å². The number of sulfonamides is 1. The number of aliphatic hydroxyl groups is 2. The summed E-state index contributed by atoms with van der Waals surface area (Å²) in [5.41, 5.74) is -3.47. The molecule has 2 atom stereocenters. The summed E-state index contributed by atoms with van der Waals surface area (Å²) < 4.78 is 83.5. The molecule has 2 aromatic rings. The highest BCUT2D eigenvalue weighted by Gasteiger charge is 2.51. The van der Waals surface area contributed by atoms with Gasteiger partial charge in [0.05, 0.1) is 24.3 Å². The number of rotatable bonds is 5. The summed E-state index contributed by atoms with van der Waals surface area (Å²) >= 11 is 0. The fourth-order valence-electron chi connectivity index (χ4n) is 2.97. The molecule has 2 N–H and O–H groups in total. The van der Waals surface area contributed by atoms with Crippen LogP contribution in [0.5, 0.6) is 5.75 Å². The summed E-state index contributed by atoms with van der Waals surface area (Å²) in [7, 11) is -4.44. The molecule has 0 amide bonds. The molecule has 166 valence electrons. The first-order chi connectivity index (χ1) is 14.4. The van der Waals surface area contributed by atoms with Crippen LogP contribution in [0.25, 0.3) is 0 Å². The second kappa shape index (κ2) is 8.04. The number of halogens is 4. The van der Waals surface area contributed by atoms with Crippen molar-refractivity contribution in [1.82, 2.24) is 9.29 Å². The van der Waals surface area contributed by atoms with Crippen LogP contribution < -0.4 is 4.74 Å². The number of nitrogens with zero attached hydrogens (tertiary/aromatic N) is 3. The third-order valence-corrected chi connectivity index (χ3v) is 6.43. The van der Waals surface area contributed by atoms with E-state index in [1.54, 1.807) is 6.07 Å². The average Bonchev–Trinajstić information content (AvgIpc) is 3.05. The van der Waals surface area contributed by atoms with E-state index in [1.165, 1.54) is 6.07 Å². The SMILES string of the molecule is N#Cc1ccc(O[C@H]2CN(S(=O)(=O)c3ccc(C(F)(F)F)cn3)C[C@@]2(O)CO)cc1F. The number of β-amino-alcohol motifs (C(OH)–C–C–N with tert-alkyl or cyclic N) is 1. The van der Waals surface area contributed by atoms with Crippen molar-refractivity contribution in [3.8, 4) is 11.8 Å². The third kappa shape index (κ3) is 4.47. The minimum absolute atomic E-state index is 0.125. The molecule has 31 heavy (non-hydrogen) atoms. The highest BCUT2D eigenvalue weighted by Crippen LogP contribution is 2.32.